The Kier molecular flexibility index (Phi) is 1.00. The van der Waals surface area contributed by atoms with Gasteiger partial charge in [-0.25, -0.2) is 4.79 Å². The molecular weight excluding hydrogens is 146 g/mol. The van der Waals surface area contributed by atoms with E-state index in [1.54, 1.807) is 6.07 Å². The second-order valence-electron chi connectivity index (χ2n) is 2.13. The number of nitrogens with one attached hydrogen (secondary N) is 1. The molecule has 11 heavy (non-hydrogen) atoms. The number of rotatable bonds is 0. The van der Waals surface area contributed by atoms with Crippen molar-refractivity contribution >= 4 is 11.0 Å². The third kappa shape index (κ3) is 0.706. The molecular formula is C6H5N3O2. The van der Waals surface area contributed by atoms with Crippen LogP contribution in [0.25, 0.3) is 11.0 Å². The van der Waals surface area contributed by atoms with Gasteiger partial charge >= 0.3 is 5.69 Å². The van der Waals surface area contributed by atoms with Gasteiger partial charge in [-0.05, 0) is 6.07 Å². The fourth-order valence-corrected chi connectivity index (χ4v) is 0.938. The molecule has 0 unspecified atom stereocenters. The van der Waals surface area contributed by atoms with Crippen molar-refractivity contribution < 1.29 is 5.21 Å². The molecule has 0 spiro atoms. The topological polar surface area (TPSA) is 70.9 Å². The third-order valence-corrected chi connectivity index (χ3v) is 1.46. The summed E-state index contributed by atoms with van der Waals surface area (Å²) in [5.74, 6) is 0. The van der Waals surface area contributed by atoms with E-state index in [-0.39, 0.29) is 0 Å². The van der Waals surface area contributed by atoms with Crippen LogP contribution in [0.15, 0.2) is 23.3 Å². The number of hydrogen-bond acceptors (Lipinski definition) is 3. The molecule has 0 saturated heterocycles. The number of H-pyrrole nitrogens is 1. The van der Waals surface area contributed by atoms with Crippen LogP contribution in [0.1, 0.15) is 0 Å². The maximum atomic E-state index is 10.8. The monoisotopic (exact) mass is 151 g/mol. The van der Waals surface area contributed by atoms with Gasteiger partial charge in [-0.1, -0.05) is 0 Å². The summed E-state index contributed by atoms with van der Waals surface area (Å²) in [6.45, 7) is 0. The van der Waals surface area contributed by atoms with E-state index in [4.69, 9.17) is 5.21 Å². The van der Waals surface area contributed by atoms with Gasteiger partial charge in [-0.15, -0.1) is 4.73 Å². The molecule has 0 aromatic carbocycles. The van der Waals surface area contributed by atoms with Crippen molar-refractivity contribution in [1.29, 1.82) is 0 Å². The molecule has 0 aliphatic heterocycles. The van der Waals surface area contributed by atoms with Crippen molar-refractivity contribution in [2.45, 2.75) is 0 Å². The highest BCUT2D eigenvalue weighted by Gasteiger charge is 2.02. The van der Waals surface area contributed by atoms with Crippen molar-refractivity contribution in [3.05, 3.63) is 28.9 Å². The second-order valence-corrected chi connectivity index (χ2v) is 2.13. The standard InChI is InChI=1S/C6H5N3O2/c10-6-8-4-1-2-7-3-5(4)9(6)11/h1-3,11H,(H,8,10). The van der Waals surface area contributed by atoms with E-state index in [0.717, 1.165) is 0 Å². The van der Waals surface area contributed by atoms with Crippen LogP contribution in [0.2, 0.25) is 0 Å². The van der Waals surface area contributed by atoms with E-state index in [0.29, 0.717) is 15.8 Å². The van der Waals surface area contributed by atoms with Gasteiger partial charge in [0.15, 0.2) is 0 Å². The van der Waals surface area contributed by atoms with E-state index in [2.05, 4.69) is 9.97 Å². The zero-order valence-electron chi connectivity index (χ0n) is 5.48. The predicted octanol–water partition coefficient (Wildman–Crippen LogP) is -0.0381. The summed E-state index contributed by atoms with van der Waals surface area (Å²) < 4.78 is 0.530. The molecule has 2 rings (SSSR count). The summed E-state index contributed by atoms with van der Waals surface area (Å²) in [6.07, 6.45) is 2.95. The van der Waals surface area contributed by atoms with E-state index >= 15 is 0 Å². The molecule has 0 fully saturated rings. The fraction of sp³-hybridized carbons (Fsp3) is 0. The van der Waals surface area contributed by atoms with Crippen LogP contribution in [0.5, 0.6) is 0 Å². The van der Waals surface area contributed by atoms with Gasteiger partial charge in [0.05, 0.1) is 11.7 Å². The predicted molar refractivity (Wildman–Crippen MR) is 37.5 cm³/mol. The summed E-state index contributed by atoms with van der Waals surface area (Å²) >= 11 is 0. The van der Waals surface area contributed by atoms with Crippen molar-refractivity contribution in [1.82, 2.24) is 14.7 Å². The molecule has 2 heterocycles. The van der Waals surface area contributed by atoms with Gasteiger partial charge in [-0.2, -0.15) is 0 Å². The molecule has 56 valence electrons. The van der Waals surface area contributed by atoms with Crippen LogP contribution >= 0.6 is 0 Å². The quantitative estimate of drug-likeness (QED) is 0.519. The highest BCUT2D eigenvalue weighted by Crippen LogP contribution is 2.03. The summed E-state index contributed by atoms with van der Waals surface area (Å²) in [4.78, 5) is 17.0. The Labute approximate surface area is 60.9 Å². The summed E-state index contributed by atoms with van der Waals surface area (Å²) in [6, 6.07) is 1.61. The Balaban J connectivity index is 3.04. The van der Waals surface area contributed by atoms with Crippen molar-refractivity contribution in [2.75, 3.05) is 0 Å². The smallest absolute Gasteiger partial charge is 0.359 e. The van der Waals surface area contributed by atoms with Crippen molar-refractivity contribution in [3.8, 4) is 0 Å². The lowest BCUT2D eigenvalue weighted by molar-refractivity contribution is 0.188. The van der Waals surface area contributed by atoms with E-state index in [1.165, 1.54) is 12.4 Å². The highest BCUT2D eigenvalue weighted by molar-refractivity contribution is 5.73. The molecule has 0 aliphatic rings. The molecule has 0 saturated carbocycles. The summed E-state index contributed by atoms with van der Waals surface area (Å²) in [5.41, 5.74) is 0.415. The first-order valence-electron chi connectivity index (χ1n) is 3.03. The van der Waals surface area contributed by atoms with Crippen LogP contribution in [-0.2, 0) is 0 Å². The minimum absolute atomic E-state index is 0.387. The number of aromatic amines is 1. The Hall–Kier alpha value is -1.78. The minimum Gasteiger partial charge on any atom is -0.423 e. The van der Waals surface area contributed by atoms with Crippen molar-refractivity contribution in [3.63, 3.8) is 0 Å². The van der Waals surface area contributed by atoms with Gasteiger partial charge in [0.1, 0.15) is 5.52 Å². The number of nitrogens with zero attached hydrogens (tertiary/aromatic N) is 2. The van der Waals surface area contributed by atoms with Crippen LogP contribution in [0, 0.1) is 0 Å². The van der Waals surface area contributed by atoms with Crippen molar-refractivity contribution in [2.24, 2.45) is 0 Å². The lowest BCUT2D eigenvalue weighted by atomic mass is 10.4. The molecule has 0 aliphatic carbocycles. The summed E-state index contributed by atoms with van der Waals surface area (Å²) in [5, 5.41) is 9.03. The number of pyridine rings is 1. The number of aromatic nitrogens is 3. The number of imidazole rings is 1. The molecule has 0 bridgehead atoms. The van der Waals surface area contributed by atoms with Crippen LogP contribution < -0.4 is 5.69 Å². The Morgan fingerprint density at radius 3 is 3.18 bits per heavy atom. The Bertz CT molecular complexity index is 442. The van der Waals surface area contributed by atoms with Crippen LogP contribution in [-0.4, -0.2) is 19.9 Å². The molecule has 2 aromatic heterocycles. The third-order valence-electron chi connectivity index (χ3n) is 1.46. The number of hydrogen-bond donors (Lipinski definition) is 2. The average molecular weight is 151 g/mol. The summed E-state index contributed by atoms with van der Waals surface area (Å²) in [7, 11) is 0. The first-order valence-corrected chi connectivity index (χ1v) is 3.03. The fourth-order valence-electron chi connectivity index (χ4n) is 0.938. The van der Waals surface area contributed by atoms with Gasteiger partial charge < -0.3 is 10.2 Å². The zero-order valence-corrected chi connectivity index (χ0v) is 5.48. The SMILES string of the molecule is O=c1[nH]c2ccncc2n1O. The molecule has 0 amide bonds. The Morgan fingerprint density at radius 2 is 2.45 bits per heavy atom. The van der Waals surface area contributed by atoms with E-state index < -0.39 is 5.69 Å². The lowest BCUT2D eigenvalue weighted by Gasteiger charge is -1.87. The molecule has 0 radical (unpaired) electrons. The maximum Gasteiger partial charge on any atom is 0.359 e. The van der Waals surface area contributed by atoms with Crippen LogP contribution in [0.4, 0.5) is 0 Å². The van der Waals surface area contributed by atoms with E-state index in [1.807, 2.05) is 0 Å². The largest absolute Gasteiger partial charge is 0.423 e. The van der Waals surface area contributed by atoms with Gasteiger partial charge in [-0.3, -0.25) is 4.98 Å². The normalized spacial score (nSPS) is 10.5. The maximum absolute atomic E-state index is 10.8. The Morgan fingerprint density at radius 1 is 1.64 bits per heavy atom. The molecule has 5 heteroatoms. The van der Waals surface area contributed by atoms with Crippen LogP contribution in [0.3, 0.4) is 0 Å². The molecule has 5 nitrogen and oxygen atoms in total. The first kappa shape index (κ1) is 5.96. The molecule has 2 aromatic rings. The lowest BCUT2D eigenvalue weighted by Crippen LogP contribution is -2.12. The first-order chi connectivity index (χ1) is 5.29. The van der Waals surface area contributed by atoms with E-state index in [9.17, 15) is 4.79 Å². The minimum atomic E-state index is -0.548. The van der Waals surface area contributed by atoms with Gasteiger partial charge in [0.2, 0.25) is 0 Å². The molecule has 0 atom stereocenters. The zero-order chi connectivity index (χ0) is 7.84. The highest BCUT2D eigenvalue weighted by atomic mass is 16.5. The number of fused-ring (bicyclic) bond motifs is 1. The molecule has 2 N–H and O–H groups in total. The van der Waals surface area contributed by atoms with Gasteiger partial charge in [0, 0.05) is 6.20 Å². The average Bonchev–Trinajstić information content (AvgIpc) is 2.30. The van der Waals surface area contributed by atoms with Gasteiger partial charge in [0.25, 0.3) is 0 Å². The second kappa shape index (κ2) is 1.85.